The summed E-state index contributed by atoms with van der Waals surface area (Å²) in [5.41, 5.74) is 0.438. The van der Waals surface area contributed by atoms with Crippen molar-refractivity contribution in [2.75, 3.05) is 4.90 Å². The number of carboxylic acid groups (broad SMARTS) is 2. The predicted molar refractivity (Wildman–Crippen MR) is 67.9 cm³/mol. The molecule has 0 aliphatic rings. The number of hydrogen-bond donors (Lipinski definition) is 2. The van der Waals surface area contributed by atoms with Crippen LogP contribution in [0.2, 0.25) is 0 Å². The quantitative estimate of drug-likeness (QED) is 0.809. The molecule has 1 aromatic rings. The van der Waals surface area contributed by atoms with E-state index in [1.54, 1.807) is 30.3 Å². The number of benzene rings is 1. The molecule has 1 aromatic carbocycles. The Morgan fingerprint density at radius 2 is 1.74 bits per heavy atom. The summed E-state index contributed by atoms with van der Waals surface area (Å²) < 4.78 is 0. The highest BCUT2D eigenvalue weighted by Gasteiger charge is 2.29. The van der Waals surface area contributed by atoms with Gasteiger partial charge in [0.15, 0.2) is 0 Å². The molecule has 0 saturated heterocycles. The third-order valence-electron chi connectivity index (χ3n) is 2.60. The number of carbonyl (C=O) groups is 3. The second-order valence-electron chi connectivity index (χ2n) is 4.01. The van der Waals surface area contributed by atoms with Crippen molar-refractivity contribution in [3.05, 3.63) is 30.3 Å². The van der Waals surface area contributed by atoms with Crippen LogP contribution in [-0.4, -0.2) is 34.1 Å². The van der Waals surface area contributed by atoms with Gasteiger partial charge in [0.05, 0.1) is 0 Å². The lowest BCUT2D eigenvalue weighted by molar-refractivity contribution is -0.141. The third kappa shape index (κ3) is 4.09. The highest BCUT2D eigenvalue weighted by Crippen LogP contribution is 2.19. The van der Waals surface area contributed by atoms with Crippen LogP contribution in [0.25, 0.3) is 0 Å². The largest absolute Gasteiger partial charge is 0.481 e. The van der Waals surface area contributed by atoms with E-state index in [2.05, 4.69) is 0 Å². The summed E-state index contributed by atoms with van der Waals surface area (Å²) in [6.07, 6.45) is -0.452. The zero-order valence-corrected chi connectivity index (χ0v) is 10.4. The number of hydrogen-bond acceptors (Lipinski definition) is 3. The van der Waals surface area contributed by atoms with E-state index in [4.69, 9.17) is 5.11 Å². The Morgan fingerprint density at radius 3 is 2.16 bits per heavy atom. The maximum absolute atomic E-state index is 11.7. The van der Waals surface area contributed by atoms with E-state index in [9.17, 15) is 19.5 Å². The molecule has 19 heavy (non-hydrogen) atoms. The molecule has 0 aliphatic carbocycles. The minimum absolute atomic E-state index is 0.140. The standard InChI is InChI=1S/C13H15NO5/c1-9(15)14(10-5-3-2-4-6-10)11(13(18)19)7-8-12(16)17/h2-6,11H,7-8H2,1H3,(H,16,17)(H,18,19). The van der Waals surface area contributed by atoms with Crippen molar-refractivity contribution in [1.82, 2.24) is 0 Å². The van der Waals surface area contributed by atoms with Crippen molar-refractivity contribution in [3.8, 4) is 0 Å². The first-order valence-electron chi connectivity index (χ1n) is 5.73. The molecule has 0 heterocycles. The molecule has 0 radical (unpaired) electrons. The summed E-state index contributed by atoms with van der Waals surface area (Å²) in [6, 6.07) is 7.14. The van der Waals surface area contributed by atoms with Crippen molar-refractivity contribution in [2.24, 2.45) is 0 Å². The summed E-state index contributed by atoms with van der Waals surface area (Å²) >= 11 is 0. The normalized spacial score (nSPS) is 11.6. The number of amides is 1. The molecule has 0 aromatic heterocycles. The highest BCUT2D eigenvalue weighted by atomic mass is 16.4. The first-order valence-corrected chi connectivity index (χ1v) is 5.73. The zero-order valence-electron chi connectivity index (χ0n) is 10.4. The van der Waals surface area contributed by atoms with Crippen molar-refractivity contribution in [1.29, 1.82) is 0 Å². The van der Waals surface area contributed by atoms with Crippen LogP contribution in [0.15, 0.2) is 30.3 Å². The van der Waals surface area contributed by atoms with Crippen LogP contribution in [0.1, 0.15) is 19.8 Å². The average molecular weight is 265 g/mol. The van der Waals surface area contributed by atoms with Gasteiger partial charge in [-0.1, -0.05) is 18.2 Å². The summed E-state index contributed by atoms with van der Waals surface area (Å²) in [7, 11) is 0. The summed E-state index contributed by atoms with van der Waals surface area (Å²) in [5, 5.41) is 17.8. The Labute approximate surface area is 110 Å². The van der Waals surface area contributed by atoms with E-state index >= 15 is 0 Å². The Bertz CT molecular complexity index is 471. The van der Waals surface area contributed by atoms with E-state index in [1.165, 1.54) is 6.92 Å². The Hall–Kier alpha value is -2.37. The number of anilines is 1. The first kappa shape index (κ1) is 14.7. The van der Waals surface area contributed by atoms with E-state index in [1.807, 2.05) is 0 Å². The van der Waals surface area contributed by atoms with E-state index < -0.39 is 23.9 Å². The Balaban J connectivity index is 3.03. The molecule has 6 heteroatoms. The van der Waals surface area contributed by atoms with Gasteiger partial charge < -0.3 is 10.2 Å². The first-order chi connectivity index (χ1) is 8.93. The number of rotatable bonds is 6. The van der Waals surface area contributed by atoms with Gasteiger partial charge >= 0.3 is 11.9 Å². The molecule has 1 atom stereocenters. The molecule has 1 rings (SSSR count). The molecule has 0 bridgehead atoms. The molecular weight excluding hydrogens is 250 g/mol. The fraction of sp³-hybridized carbons (Fsp3) is 0.308. The second-order valence-corrected chi connectivity index (χ2v) is 4.01. The van der Waals surface area contributed by atoms with Crippen LogP contribution in [0.3, 0.4) is 0 Å². The van der Waals surface area contributed by atoms with Crippen LogP contribution in [0.5, 0.6) is 0 Å². The van der Waals surface area contributed by atoms with Gasteiger partial charge in [0.2, 0.25) is 5.91 Å². The monoisotopic (exact) mass is 265 g/mol. The average Bonchev–Trinajstić information content (AvgIpc) is 2.34. The highest BCUT2D eigenvalue weighted by molar-refractivity contribution is 5.97. The molecule has 0 aliphatic heterocycles. The second kappa shape index (κ2) is 6.53. The van der Waals surface area contributed by atoms with Crippen molar-refractivity contribution >= 4 is 23.5 Å². The van der Waals surface area contributed by atoms with Crippen LogP contribution < -0.4 is 4.90 Å². The molecule has 1 unspecified atom stereocenters. The van der Waals surface area contributed by atoms with Crippen molar-refractivity contribution in [3.63, 3.8) is 0 Å². The van der Waals surface area contributed by atoms with Gasteiger partial charge in [0, 0.05) is 19.0 Å². The summed E-state index contributed by atoms with van der Waals surface area (Å²) in [4.78, 5) is 34.6. The third-order valence-corrected chi connectivity index (χ3v) is 2.60. The smallest absolute Gasteiger partial charge is 0.326 e. The number of carboxylic acids is 2. The molecule has 0 saturated carbocycles. The minimum atomic E-state index is -1.22. The van der Waals surface area contributed by atoms with Gasteiger partial charge in [-0.25, -0.2) is 4.79 Å². The predicted octanol–water partition coefficient (Wildman–Crippen LogP) is 1.36. The van der Waals surface area contributed by atoms with Gasteiger partial charge in [-0.05, 0) is 18.6 Å². The van der Waals surface area contributed by atoms with Crippen LogP contribution in [-0.2, 0) is 14.4 Å². The fourth-order valence-electron chi connectivity index (χ4n) is 1.79. The Kier molecular flexibility index (Phi) is 5.05. The molecule has 102 valence electrons. The zero-order chi connectivity index (χ0) is 14.4. The van der Waals surface area contributed by atoms with E-state index in [0.717, 1.165) is 4.90 Å². The number of nitrogens with zero attached hydrogens (tertiary/aromatic N) is 1. The van der Waals surface area contributed by atoms with Gasteiger partial charge in [0.1, 0.15) is 6.04 Å². The number of para-hydroxylation sites is 1. The van der Waals surface area contributed by atoms with Crippen LogP contribution in [0.4, 0.5) is 5.69 Å². The van der Waals surface area contributed by atoms with Gasteiger partial charge in [-0.3, -0.25) is 14.5 Å². The summed E-state index contributed by atoms with van der Waals surface area (Å²) in [5.74, 6) is -2.76. The number of aliphatic carboxylic acids is 2. The maximum atomic E-state index is 11.7. The van der Waals surface area contributed by atoms with Crippen molar-refractivity contribution < 1.29 is 24.6 Å². The van der Waals surface area contributed by atoms with E-state index in [0.29, 0.717) is 5.69 Å². The molecule has 1 amide bonds. The minimum Gasteiger partial charge on any atom is -0.481 e. The number of carbonyl (C=O) groups excluding carboxylic acids is 1. The van der Waals surface area contributed by atoms with Crippen LogP contribution in [0, 0.1) is 0 Å². The van der Waals surface area contributed by atoms with Gasteiger partial charge in [0.25, 0.3) is 0 Å². The topological polar surface area (TPSA) is 94.9 Å². The lowest BCUT2D eigenvalue weighted by Crippen LogP contribution is -2.44. The summed E-state index contributed by atoms with van der Waals surface area (Å²) in [6.45, 7) is 1.25. The van der Waals surface area contributed by atoms with E-state index in [-0.39, 0.29) is 12.8 Å². The fourth-order valence-corrected chi connectivity index (χ4v) is 1.79. The Morgan fingerprint density at radius 1 is 1.16 bits per heavy atom. The van der Waals surface area contributed by atoms with Gasteiger partial charge in [-0.2, -0.15) is 0 Å². The van der Waals surface area contributed by atoms with Gasteiger partial charge in [-0.15, -0.1) is 0 Å². The maximum Gasteiger partial charge on any atom is 0.326 e. The lowest BCUT2D eigenvalue weighted by atomic mass is 10.1. The van der Waals surface area contributed by atoms with Crippen LogP contribution >= 0.6 is 0 Å². The molecule has 0 spiro atoms. The lowest BCUT2D eigenvalue weighted by Gasteiger charge is -2.27. The SMILES string of the molecule is CC(=O)N(c1ccccc1)C(CCC(=O)O)C(=O)O. The molecular formula is C13H15NO5. The molecule has 6 nitrogen and oxygen atoms in total. The van der Waals surface area contributed by atoms with Crippen molar-refractivity contribution in [2.45, 2.75) is 25.8 Å². The molecule has 0 fully saturated rings. The molecule has 2 N–H and O–H groups in total.